The molecule has 126 valence electrons. The predicted molar refractivity (Wildman–Crippen MR) is 87.8 cm³/mol. The third-order valence-electron chi connectivity index (χ3n) is 4.13. The summed E-state index contributed by atoms with van der Waals surface area (Å²) in [5.74, 6) is -0.387. The molecule has 0 N–H and O–H groups in total. The van der Waals surface area contributed by atoms with Crippen molar-refractivity contribution < 1.29 is 9.53 Å². The number of aromatic nitrogens is 3. The molecule has 1 unspecified atom stereocenters. The molecular weight excluding hydrogens is 308 g/mol. The van der Waals surface area contributed by atoms with Crippen molar-refractivity contribution in [1.82, 2.24) is 14.8 Å². The van der Waals surface area contributed by atoms with E-state index < -0.39 is 0 Å². The van der Waals surface area contributed by atoms with Gasteiger partial charge in [-0.1, -0.05) is 5.22 Å². The molecule has 1 aliphatic heterocycles. The highest BCUT2D eigenvalue weighted by Crippen LogP contribution is 2.31. The van der Waals surface area contributed by atoms with Gasteiger partial charge in [-0.05, 0) is 26.8 Å². The average Bonchev–Trinajstić information content (AvgIpc) is 3.16. The number of anilines is 1. The number of carbonyl (C=O) groups excluding carboxylic acids is 1. The number of esters is 1. The highest BCUT2D eigenvalue weighted by atomic mass is 16.5. The van der Waals surface area contributed by atoms with E-state index in [1.165, 1.54) is 6.20 Å². The zero-order valence-electron chi connectivity index (χ0n) is 14.2. The van der Waals surface area contributed by atoms with Gasteiger partial charge in [0.15, 0.2) is 0 Å². The number of rotatable bonds is 4. The Balaban J connectivity index is 1.83. The van der Waals surface area contributed by atoms with Crippen LogP contribution >= 0.6 is 0 Å². The van der Waals surface area contributed by atoms with Gasteiger partial charge in [0.25, 0.3) is 0 Å². The van der Waals surface area contributed by atoms with Crippen molar-refractivity contribution in [3.63, 3.8) is 0 Å². The fourth-order valence-corrected chi connectivity index (χ4v) is 2.62. The second-order valence-electron chi connectivity index (χ2n) is 5.66. The molecule has 0 fully saturated rings. The monoisotopic (exact) mass is 328 g/mol. The maximum absolute atomic E-state index is 11.9. The molecule has 3 heterocycles. The molecule has 8 nitrogen and oxygen atoms in total. The molecule has 8 heteroatoms. The van der Waals surface area contributed by atoms with Crippen LogP contribution in [0.15, 0.2) is 28.8 Å². The summed E-state index contributed by atoms with van der Waals surface area (Å²) in [7, 11) is 1.90. The third kappa shape index (κ3) is 2.86. The topological polar surface area (TPSA) is 85.0 Å². The van der Waals surface area contributed by atoms with Crippen molar-refractivity contribution in [2.45, 2.75) is 26.8 Å². The van der Waals surface area contributed by atoms with Gasteiger partial charge in [0.05, 0.1) is 36.3 Å². The van der Waals surface area contributed by atoms with Crippen LogP contribution in [0.3, 0.4) is 0 Å². The molecule has 2 aromatic heterocycles. The lowest BCUT2D eigenvalue weighted by molar-refractivity contribution is 0.0526. The van der Waals surface area contributed by atoms with Gasteiger partial charge in [-0.3, -0.25) is 9.67 Å². The molecule has 24 heavy (non-hydrogen) atoms. The Morgan fingerprint density at radius 1 is 1.38 bits per heavy atom. The van der Waals surface area contributed by atoms with E-state index in [0.717, 1.165) is 22.6 Å². The minimum atomic E-state index is -0.387. The maximum atomic E-state index is 11.9. The summed E-state index contributed by atoms with van der Waals surface area (Å²) in [5.41, 5.74) is 4.07. The molecule has 1 aliphatic rings. The fourth-order valence-electron chi connectivity index (χ4n) is 2.62. The number of ether oxygens (including phenoxy) is 1. The molecule has 2 aromatic rings. The summed E-state index contributed by atoms with van der Waals surface area (Å²) in [6.45, 7) is 6.57. The minimum absolute atomic E-state index is 0.0793. The predicted octanol–water partition coefficient (Wildman–Crippen LogP) is 2.54. The Morgan fingerprint density at radius 3 is 2.83 bits per heavy atom. The molecule has 0 bridgehead atoms. The Hall–Kier alpha value is -2.77. The highest BCUT2D eigenvalue weighted by Gasteiger charge is 2.27. The van der Waals surface area contributed by atoms with Gasteiger partial charge in [0, 0.05) is 24.5 Å². The normalized spacial score (nSPS) is 16.7. The Labute approximate surface area is 140 Å². The van der Waals surface area contributed by atoms with Crippen molar-refractivity contribution in [2.24, 2.45) is 17.4 Å². The molecule has 0 spiro atoms. The molecule has 0 aromatic carbocycles. The average molecular weight is 328 g/mol. The van der Waals surface area contributed by atoms with Gasteiger partial charge in [-0.25, -0.2) is 9.80 Å². The van der Waals surface area contributed by atoms with Crippen LogP contribution in [0.4, 0.5) is 5.69 Å². The van der Waals surface area contributed by atoms with Gasteiger partial charge in [-0.2, -0.15) is 10.2 Å². The largest absolute Gasteiger partial charge is 0.462 e. The minimum Gasteiger partial charge on any atom is -0.462 e. The van der Waals surface area contributed by atoms with Crippen LogP contribution in [0.5, 0.6) is 0 Å². The summed E-state index contributed by atoms with van der Waals surface area (Å²) in [6, 6.07) is 1.67. The maximum Gasteiger partial charge on any atom is 0.339 e. The van der Waals surface area contributed by atoms with Crippen molar-refractivity contribution in [1.29, 1.82) is 0 Å². The first-order chi connectivity index (χ1) is 11.5. The number of hydrogen-bond donors (Lipinski definition) is 0. The van der Waals surface area contributed by atoms with Crippen LogP contribution in [-0.4, -0.2) is 33.9 Å². The van der Waals surface area contributed by atoms with E-state index in [1.54, 1.807) is 18.0 Å². The second kappa shape index (κ2) is 6.38. The first kappa shape index (κ1) is 16.1. The summed E-state index contributed by atoms with van der Waals surface area (Å²) in [4.78, 5) is 16.2. The molecule has 3 rings (SSSR count). The van der Waals surface area contributed by atoms with Crippen LogP contribution in [-0.2, 0) is 11.8 Å². The van der Waals surface area contributed by atoms with Gasteiger partial charge in [-0.15, -0.1) is 0 Å². The SMILES string of the molecule is CCOC(=O)c1cnc(C)c(N2CC(c3cnn(C)c3C)N=N2)c1. The summed E-state index contributed by atoms with van der Waals surface area (Å²) < 4.78 is 6.85. The van der Waals surface area contributed by atoms with Crippen LogP contribution in [0, 0.1) is 13.8 Å². The lowest BCUT2D eigenvalue weighted by atomic mass is 10.1. The summed E-state index contributed by atoms with van der Waals surface area (Å²) >= 11 is 0. The first-order valence-corrected chi connectivity index (χ1v) is 7.81. The van der Waals surface area contributed by atoms with Gasteiger partial charge in [0.2, 0.25) is 0 Å². The smallest absolute Gasteiger partial charge is 0.339 e. The quantitative estimate of drug-likeness (QED) is 0.805. The van der Waals surface area contributed by atoms with E-state index in [-0.39, 0.29) is 12.0 Å². The molecule has 0 saturated carbocycles. The second-order valence-corrected chi connectivity index (χ2v) is 5.66. The first-order valence-electron chi connectivity index (χ1n) is 7.81. The summed E-state index contributed by atoms with van der Waals surface area (Å²) in [6.07, 6.45) is 3.34. The molecular formula is C16H20N6O2. The lowest BCUT2D eigenvalue weighted by Crippen LogP contribution is -2.19. The Kier molecular flexibility index (Phi) is 4.28. The highest BCUT2D eigenvalue weighted by molar-refractivity contribution is 5.90. The van der Waals surface area contributed by atoms with Gasteiger partial charge < -0.3 is 4.74 Å². The number of hydrogen-bond acceptors (Lipinski definition) is 7. The zero-order chi connectivity index (χ0) is 17.3. The van der Waals surface area contributed by atoms with Crippen molar-refractivity contribution in [2.75, 3.05) is 18.2 Å². The molecule has 0 aliphatic carbocycles. The van der Waals surface area contributed by atoms with Crippen molar-refractivity contribution in [3.05, 3.63) is 41.0 Å². The number of aryl methyl sites for hydroxylation is 2. The van der Waals surface area contributed by atoms with Crippen molar-refractivity contribution in [3.8, 4) is 0 Å². The fraction of sp³-hybridized carbons (Fsp3) is 0.438. The molecule has 0 radical (unpaired) electrons. The standard InChI is InChI=1S/C16H20N6O2/c1-5-24-16(23)12-6-15(10(2)17-7-12)22-9-14(19-20-22)13-8-18-21(4)11(13)3/h6-8,14H,5,9H2,1-4H3. The van der Waals surface area contributed by atoms with Gasteiger partial charge in [0.1, 0.15) is 6.04 Å². The molecule has 1 atom stereocenters. The molecule has 0 amide bonds. The number of nitrogens with zero attached hydrogens (tertiary/aromatic N) is 6. The van der Waals surface area contributed by atoms with Crippen LogP contribution in [0.2, 0.25) is 0 Å². The summed E-state index contributed by atoms with van der Waals surface area (Å²) in [5, 5.41) is 14.6. The third-order valence-corrected chi connectivity index (χ3v) is 4.13. The number of pyridine rings is 1. The van der Waals surface area contributed by atoms with E-state index in [4.69, 9.17) is 4.74 Å². The Bertz CT molecular complexity index is 798. The van der Waals surface area contributed by atoms with Crippen LogP contribution < -0.4 is 5.01 Å². The van der Waals surface area contributed by atoms with E-state index in [1.807, 2.05) is 31.8 Å². The van der Waals surface area contributed by atoms with E-state index >= 15 is 0 Å². The van der Waals surface area contributed by atoms with Crippen LogP contribution in [0.1, 0.15) is 40.3 Å². The van der Waals surface area contributed by atoms with E-state index in [9.17, 15) is 4.79 Å². The zero-order valence-corrected chi connectivity index (χ0v) is 14.2. The lowest BCUT2D eigenvalue weighted by Gasteiger charge is -2.16. The Morgan fingerprint density at radius 2 is 2.17 bits per heavy atom. The van der Waals surface area contributed by atoms with E-state index in [0.29, 0.717) is 18.7 Å². The molecule has 0 saturated heterocycles. The number of carbonyl (C=O) groups is 1. The van der Waals surface area contributed by atoms with E-state index in [2.05, 4.69) is 20.4 Å². The van der Waals surface area contributed by atoms with Crippen LogP contribution in [0.25, 0.3) is 0 Å². The van der Waals surface area contributed by atoms with Gasteiger partial charge >= 0.3 is 5.97 Å². The van der Waals surface area contributed by atoms with Crippen molar-refractivity contribution >= 4 is 11.7 Å².